The first-order chi connectivity index (χ1) is 11.6. The highest BCUT2D eigenvalue weighted by Crippen LogP contribution is 2.32. The minimum absolute atomic E-state index is 0.124. The molecule has 0 bridgehead atoms. The molecular formula is C18H23FN2O3. The first kappa shape index (κ1) is 16.9. The molecule has 0 aromatic heterocycles. The molecule has 0 N–H and O–H groups in total. The molecule has 1 saturated carbocycles. The molecule has 24 heavy (non-hydrogen) atoms. The highest BCUT2D eigenvalue weighted by Gasteiger charge is 2.35. The van der Waals surface area contributed by atoms with E-state index in [1.165, 1.54) is 43.1 Å². The minimum atomic E-state index is -0.511. The van der Waals surface area contributed by atoms with Gasteiger partial charge in [0.25, 0.3) is 0 Å². The van der Waals surface area contributed by atoms with Gasteiger partial charge in [0.2, 0.25) is 5.91 Å². The highest BCUT2D eigenvalue weighted by atomic mass is 19.1. The largest absolute Gasteiger partial charge is 0.468 e. The molecule has 0 radical (unpaired) electrons. The lowest BCUT2D eigenvalue weighted by molar-refractivity contribution is -0.140. The van der Waals surface area contributed by atoms with E-state index in [-0.39, 0.29) is 18.4 Å². The number of likely N-dealkylation sites (tertiary alicyclic amines) is 1. The lowest BCUT2D eigenvalue weighted by Gasteiger charge is -2.34. The molecule has 5 nitrogen and oxygen atoms in total. The van der Waals surface area contributed by atoms with E-state index in [9.17, 15) is 14.0 Å². The molecule has 6 heteroatoms. The number of ether oxygens (including phenoxy) is 1. The average Bonchev–Trinajstić information content (AvgIpc) is 3.44. The summed E-state index contributed by atoms with van der Waals surface area (Å²) in [6.45, 7) is 1.63. The lowest BCUT2D eigenvalue weighted by Crippen LogP contribution is -2.45. The number of nitrogens with zero attached hydrogens (tertiary/aromatic N) is 2. The fourth-order valence-electron chi connectivity index (χ4n) is 3.31. The number of piperidine rings is 1. The van der Waals surface area contributed by atoms with Gasteiger partial charge in [-0.25, -0.2) is 4.39 Å². The van der Waals surface area contributed by atoms with Gasteiger partial charge < -0.3 is 14.5 Å². The monoisotopic (exact) mass is 334 g/mol. The number of amides is 1. The summed E-state index contributed by atoms with van der Waals surface area (Å²) in [6, 6.07) is 6.48. The molecule has 0 spiro atoms. The lowest BCUT2D eigenvalue weighted by atomic mass is 9.94. The number of methoxy groups -OCH3 is 1. The Labute approximate surface area is 141 Å². The van der Waals surface area contributed by atoms with Gasteiger partial charge >= 0.3 is 5.97 Å². The smallest absolute Gasteiger partial charge is 0.325 e. The zero-order valence-corrected chi connectivity index (χ0v) is 13.9. The van der Waals surface area contributed by atoms with Crippen molar-refractivity contribution in [2.45, 2.75) is 31.7 Å². The summed E-state index contributed by atoms with van der Waals surface area (Å²) >= 11 is 0. The van der Waals surface area contributed by atoms with E-state index >= 15 is 0 Å². The van der Waals surface area contributed by atoms with Crippen LogP contribution >= 0.6 is 0 Å². The van der Waals surface area contributed by atoms with E-state index in [4.69, 9.17) is 4.74 Å². The van der Waals surface area contributed by atoms with Gasteiger partial charge in [-0.2, -0.15) is 0 Å². The second-order valence-corrected chi connectivity index (χ2v) is 6.52. The number of hydrogen-bond acceptors (Lipinski definition) is 4. The molecule has 1 aliphatic heterocycles. The Hall–Kier alpha value is -1.95. The highest BCUT2D eigenvalue weighted by molar-refractivity contribution is 5.99. The Balaban J connectivity index is 1.72. The van der Waals surface area contributed by atoms with E-state index in [2.05, 4.69) is 4.90 Å². The number of hydrogen-bond donors (Lipinski definition) is 0. The molecule has 1 aliphatic carbocycles. The third-order valence-electron chi connectivity index (χ3n) is 4.84. The van der Waals surface area contributed by atoms with Crippen molar-refractivity contribution in [2.75, 3.05) is 31.6 Å². The first-order valence-electron chi connectivity index (χ1n) is 8.46. The number of halogens is 1. The van der Waals surface area contributed by atoms with Crippen LogP contribution in [-0.4, -0.2) is 49.6 Å². The number of carbonyl (C=O) groups is 2. The molecule has 3 rings (SSSR count). The predicted octanol–water partition coefficient (Wildman–Crippen LogP) is 2.21. The van der Waals surface area contributed by atoms with Crippen LogP contribution in [0.25, 0.3) is 0 Å². The van der Waals surface area contributed by atoms with Crippen LogP contribution in [0.3, 0.4) is 0 Å². The van der Waals surface area contributed by atoms with Crippen molar-refractivity contribution >= 4 is 17.6 Å². The van der Waals surface area contributed by atoms with Crippen LogP contribution in [-0.2, 0) is 14.3 Å². The van der Waals surface area contributed by atoms with Crippen LogP contribution in [0.5, 0.6) is 0 Å². The second-order valence-electron chi connectivity index (χ2n) is 6.52. The first-order valence-corrected chi connectivity index (χ1v) is 8.46. The normalized spacial score (nSPS) is 19.1. The second kappa shape index (κ2) is 7.30. The van der Waals surface area contributed by atoms with Gasteiger partial charge in [0.1, 0.15) is 12.4 Å². The van der Waals surface area contributed by atoms with Crippen molar-refractivity contribution in [3.8, 4) is 0 Å². The Morgan fingerprint density at radius 2 is 1.96 bits per heavy atom. The summed E-state index contributed by atoms with van der Waals surface area (Å²) in [5, 5.41) is 0. The SMILES string of the molecule is COC(=O)CN(C(=O)C1CCN(C2CC2)CC1)c1cccc(F)c1. The summed E-state index contributed by atoms with van der Waals surface area (Å²) in [5.41, 5.74) is 0.398. The standard InChI is InChI=1S/C18H23FN2O3/c1-24-17(22)12-21(16-4-2-3-14(19)11-16)18(23)13-7-9-20(10-8-13)15-5-6-15/h2-4,11,13,15H,5-10,12H2,1H3. The maximum atomic E-state index is 13.5. The predicted molar refractivity (Wildman–Crippen MR) is 88.1 cm³/mol. The van der Waals surface area contributed by atoms with Crippen LogP contribution in [0.1, 0.15) is 25.7 Å². The fraction of sp³-hybridized carbons (Fsp3) is 0.556. The molecule has 1 aromatic rings. The molecule has 2 fully saturated rings. The van der Waals surface area contributed by atoms with E-state index in [1.54, 1.807) is 6.07 Å². The number of carbonyl (C=O) groups excluding carboxylic acids is 2. The Morgan fingerprint density at radius 3 is 2.54 bits per heavy atom. The Morgan fingerprint density at radius 1 is 1.25 bits per heavy atom. The van der Waals surface area contributed by atoms with Gasteiger partial charge in [0.15, 0.2) is 0 Å². The molecule has 1 amide bonds. The van der Waals surface area contributed by atoms with Crippen molar-refractivity contribution < 1.29 is 18.7 Å². The van der Waals surface area contributed by atoms with Gasteiger partial charge in [-0.1, -0.05) is 6.07 Å². The number of anilines is 1. The molecule has 1 heterocycles. The molecule has 1 saturated heterocycles. The molecule has 0 atom stereocenters. The van der Waals surface area contributed by atoms with Gasteiger partial charge in [-0.3, -0.25) is 9.59 Å². The maximum absolute atomic E-state index is 13.5. The quantitative estimate of drug-likeness (QED) is 0.775. The summed E-state index contributed by atoms with van der Waals surface area (Å²) < 4.78 is 18.2. The Kier molecular flexibility index (Phi) is 5.14. The topological polar surface area (TPSA) is 49.9 Å². The summed E-state index contributed by atoms with van der Waals surface area (Å²) in [6.07, 6.45) is 4.08. The third kappa shape index (κ3) is 3.93. The van der Waals surface area contributed by atoms with Gasteiger partial charge in [-0.05, 0) is 57.0 Å². The van der Waals surface area contributed by atoms with E-state index in [0.29, 0.717) is 11.7 Å². The van der Waals surface area contributed by atoms with Crippen LogP contribution < -0.4 is 4.90 Å². The van der Waals surface area contributed by atoms with E-state index in [1.807, 2.05) is 0 Å². The van der Waals surface area contributed by atoms with Crippen molar-refractivity contribution in [3.63, 3.8) is 0 Å². The van der Waals surface area contributed by atoms with Crippen LogP contribution in [0.4, 0.5) is 10.1 Å². The number of esters is 1. The molecule has 1 aromatic carbocycles. The van der Waals surface area contributed by atoms with Crippen molar-refractivity contribution in [1.29, 1.82) is 0 Å². The van der Waals surface area contributed by atoms with Gasteiger partial charge in [-0.15, -0.1) is 0 Å². The van der Waals surface area contributed by atoms with E-state index < -0.39 is 11.8 Å². The molecule has 0 unspecified atom stereocenters. The van der Waals surface area contributed by atoms with Crippen LogP contribution in [0, 0.1) is 11.7 Å². The van der Waals surface area contributed by atoms with Crippen molar-refractivity contribution in [3.05, 3.63) is 30.1 Å². The minimum Gasteiger partial charge on any atom is -0.468 e. The number of rotatable bonds is 5. The van der Waals surface area contributed by atoms with Crippen molar-refractivity contribution in [2.24, 2.45) is 5.92 Å². The molecule has 2 aliphatic rings. The maximum Gasteiger partial charge on any atom is 0.325 e. The molecule has 130 valence electrons. The Bertz CT molecular complexity index is 610. The average molecular weight is 334 g/mol. The van der Waals surface area contributed by atoms with Crippen LogP contribution in [0.15, 0.2) is 24.3 Å². The third-order valence-corrected chi connectivity index (χ3v) is 4.84. The van der Waals surface area contributed by atoms with E-state index in [0.717, 1.165) is 25.9 Å². The zero-order chi connectivity index (χ0) is 17.1. The summed E-state index contributed by atoms with van der Waals surface area (Å²) in [5.74, 6) is -1.20. The van der Waals surface area contributed by atoms with Crippen LogP contribution in [0.2, 0.25) is 0 Å². The number of benzene rings is 1. The van der Waals surface area contributed by atoms with Gasteiger partial charge in [0.05, 0.1) is 7.11 Å². The molecular weight excluding hydrogens is 311 g/mol. The summed E-state index contributed by atoms with van der Waals surface area (Å²) in [7, 11) is 1.28. The zero-order valence-electron chi connectivity index (χ0n) is 13.9. The van der Waals surface area contributed by atoms with Gasteiger partial charge in [0, 0.05) is 17.6 Å². The van der Waals surface area contributed by atoms with Crippen molar-refractivity contribution in [1.82, 2.24) is 4.90 Å². The fourth-order valence-corrected chi connectivity index (χ4v) is 3.31. The summed E-state index contributed by atoms with van der Waals surface area (Å²) in [4.78, 5) is 28.4.